The van der Waals surface area contributed by atoms with Crippen LogP contribution in [0.1, 0.15) is 55.5 Å². The van der Waals surface area contributed by atoms with Crippen molar-refractivity contribution in [3.63, 3.8) is 0 Å². The first-order valence-corrected chi connectivity index (χ1v) is 10.5. The molecule has 1 fully saturated rings. The van der Waals surface area contributed by atoms with Crippen LogP contribution in [0.2, 0.25) is 0 Å². The number of thiocarbonyl (C=S) groups is 1. The van der Waals surface area contributed by atoms with Gasteiger partial charge in [-0.15, -0.1) is 0 Å². The van der Waals surface area contributed by atoms with E-state index in [1.165, 1.54) is 18.7 Å². The van der Waals surface area contributed by atoms with Crippen LogP contribution in [-0.2, 0) is 15.9 Å². The zero-order chi connectivity index (χ0) is 18.7. The SMILES string of the molecule is CC(c1ccc(C(F)(F)F)nc1)S(C)(=O)=NC(=S)NC1CCCCC1. The van der Waals surface area contributed by atoms with Gasteiger partial charge in [-0.05, 0) is 43.6 Å². The smallest absolute Gasteiger partial charge is 0.358 e. The van der Waals surface area contributed by atoms with E-state index in [1.807, 2.05) is 0 Å². The van der Waals surface area contributed by atoms with E-state index in [0.29, 0.717) is 5.56 Å². The summed E-state index contributed by atoms with van der Waals surface area (Å²) >= 11 is 5.20. The number of pyridine rings is 1. The van der Waals surface area contributed by atoms with Crippen molar-refractivity contribution in [2.24, 2.45) is 4.36 Å². The molecule has 1 N–H and O–H groups in total. The number of hydrogen-bond donors (Lipinski definition) is 1. The molecule has 0 bridgehead atoms. The third-order valence-electron chi connectivity index (χ3n) is 4.40. The van der Waals surface area contributed by atoms with Crippen LogP contribution >= 0.6 is 12.2 Å². The van der Waals surface area contributed by atoms with Crippen LogP contribution in [0.15, 0.2) is 22.7 Å². The van der Waals surface area contributed by atoms with Crippen molar-refractivity contribution < 1.29 is 17.4 Å². The molecule has 0 aromatic carbocycles. The maximum Gasteiger partial charge on any atom is 0.433 e. The number of nitrogens with one attached hydrogen (secondary N) is 1. The third-order valence-corrected chi connectivity index (χ3v) is 6.85. The van der Waals surface area contributed by atoms with Gasteiger partial charge in [-0.1, -0.05) is 25.3 Å². The van der Waals surface area contributed by atoms with Crippen LogP contribution in [-0.4, -0.2) is 26.6 Å². The highest BCUT2D eigenvalue weighted by Gasteiger charge is 2.32. The number of aromatic nitrogens is 1. The molecule has 1 saturated carbocycles. The number of hydrogen-bond acceptors (Lipinski definition) is 3. The van der Waals surface area contributed by atoms with Crippen molar-refractivity contribution in [1.29, 1.82) is 0 Å². The normalized spacial score (nSPS) is 19.7. The third kappa shape index (κ3) is 5.64. The predicted molar refractivity (Wildman–Crippen MR) is 96.8 cm³/mol. The lowest BCUT2D eigenvalue weighted by Crippen LogP contribution is -2.34. The summed E-state index contributed by atoms with van der Waals surface area (Å²) in [5, 5.41) is 2.74. The summed E-state index contributed by atoms with van der Waals surface area (Å²) in [5.74, 6) is 0. The average molecular weight is 394 g/mol. The largest absolute Gasteiger partial charge is 0.433 e. The minimum absolute atomic E-state index is 0.200. The Kier molecular flexibility index (Phi) is 6.42. The van der Waals surface area contributed by atoms with Crippen molar-refractivity contribution in [1.82, 2.24) is 10.3 Å². The van der Waals surface area contributed by atoms with Gasteiger partial charge in [0.2, 0.25) is 5.11 Å². The fourth-order valence-electron chi connectivity index (χ4n) is 2.76. The van der Waals surface area contributed by atoms with E-state index in [-0.39, 0.29) is 11.2 Å². The lowest BCUT2D eigenvalue weighted by atomic mass is 9.96. The van der Waals surface area contributed by atoms with Gasteiger partial charge in [0.1, 0.15) is 5.69 Å². The lowest BCUT2D eigenvalue weighted by Gasteiger charge is -2.23. The molecule has 0 spiro atoms. The fourth-order valence-corrected chi connectivity index (χ4v) is 4.55. The molecule has 0 saturated heterocycles. The Morgan fingerprint density at radius 2 is 2.00 bits per heavy atom. The van der Waals surface area contributed by atoms with E-state index in [0.717, 1.165) is 37.9 Å². The summed E-state index contributed by atoms with van der Waals surface area (Å²) < 4.78 is 54.8. The highest BCUT2D eigenvalue weighted by Crippen LogP contribution is 2.29. The zero-order valence-electron chi connectivity index (χ0n) is 14.2. The summed E-state index contributed by atoms with van der Waals surface area (Å²) in [6.07, 6.45) is 3.58. The monoisotopic (exact) mass is 393 g/mol. The van der Waals surface area contributed by atoms with E-state index in [1.54, 1.807) is 6.92 Å². The molecule has 2 rings (SSSR count). The predicted octanol–water partition coefficient (Wildman–Crippen LogP) is 4.47. The van der Waals surface area contributed by atoms with Crippen LogP contribution < -0.4 is 5.32 Å². The highest BCUT2D eigenvalue weighted by atomic mass is 32.2. The minimum atomic E-state index is -4.49. The second-order valence-corrected chi connectivity index (χ2v) is 9.35. The van der Waals surface area contributed by atoms with Gasteiger partial charge in [-0.3, -0.25) is 4.98 Å². The van der Waals surface area contributed by atoms with Crippen molar-refractivity contribution in [3.8, 4) is 0 Å². The van der Waals surface area contributed by atoms with Gasteiger partial charge in [0.05, 0.1) is 15.0 Å². The fraction of sp³-hybridized carbons (Fsp3) is 0.625. The van der Waals surface area contributed by atoms with Gasteiger partial charge < -0.3 is 5.32 Å². The highest BCUT2D eigenvalue weighted by molar-refractivity contribution is 7.94. The standard InChI is InChI=1S/C16H22F3N3OS2/c1-11(12-8-9-14(20-10-12)16(17,18)19)25(2,23)22-15(24)21-13-6-4-3-5-7-13/h8-11,13H,3-7H2,1-2H3,(H,21,24). The number of rotatable bonds is 3. The van der Waals surface area contributed by atoms with Gasteiger partial charge in [-0.2, -0.15) is 17.5 Å². The Bertz CT molecular complexity index is 719. The van der Waals surface area contributed by atoms with Gasteiger partial charge in [-0.25, -0.2) is 4.21 Å². The van der Waals surface area contributed by atoms with Crippen LogP contribution in [0, 0.1) is 0 Å². The summed E-state index contributed by atoms with van der Waals surface area (Å²) in [6, 6.07) is 2.43. The zero-order valence-corrected chi connectivity index (χ0v) is 15.8. The molecule has 2 unspecified atom stereocenters. The molecule has 1 heterocycles. The second-order valence-electron chi connectivity index (χ2n) is 6.35. The van der Waals surface area contributed by atoms with Crippen molar-refractivity contribution >= 4 is 27.1 Å². The summed E-state index contributed by atoms with van der Waals surface area (Å²) in [5.41, 5.74) is -0.540. The molecular formula is C16H22F3N3OS2. The molecule has 25 heavy (non-hydrogen) atoms. The van der Waals surface area contributed by atoms with Gasteiger partial charge >= 0.3 is 6.18 Å². The van der Waals surface area contributed by atoms with E-state index in [4.69, 9.17) is 12.2 Å². The molecule has 2 atom stereocenters. The van der Waals surface area contributed by atoms with Gasteiger partial charge in [0.25, 0.3) is 0 Å². The molecule has 140 valence electrons. The van der Waals surface area contributed by atoms with E-state index in [2.05, 4.69) is 14.7 Å². The Morgan fingerprint density at radius 1 is 1.36 bits per heavy atom. The molecule has 0 amide bonds. The first-order valence-electron chi connectivity index (χ1n) is 8.14. The Balaban J connectivity index is 2.11. The first-order chi connectivity index (χ1) is 11.6. The number of alkyl halides is 3. The minimum Gasteiger partial charge on any atom is -0.358 e. The number of nitrogens with zero attached hydrogens (tertiary/aromatic N) is 2. The Labute approximate surface area is 151 Å². The van der Waals surface area contributed by atoms with E-state index >= 15 is 0 Å². The molecule has 0 radical (unpaired) electrons. The van der Waals surface area contributed by atoms with Crippen molar-refractivity contribution in [2.45, 2.75) is 56.5 Å². The lowest BCUT2D eigenvalue weighted by molar-refractivity contribution is -0.141. The molecule has 1 aliphatic rings. The summed E-state index contributed by atoms with van der Waals surface area (Å²) in [7, 11) is -2.76. The Hall–Kier alpha value is -1.22. The quantitative estimate of drug-likeness (QED) is 0.770. The second kappa shape index (κ2) is 7.99. The van der Waals surface area contributed by atoms with Crippen LogP contribution in [0.25, 0.3) is 0 Å². The molecule has 1 aromatic rings. The maximum absolute atomic E-state index is 12.9. The van der Waals surface area contributed by atoms with Crippen molar-refractivity contribution in [2.75, 3.05) is 6.26 Å². The van der Waals surface area contributed by atoms with Crippen LogP contribution in [0.3, 0.4) is 0 Å². The molecular weight excluding hydrogens is 371 g/mol. The van der Waals surface area contributed by atoms with Crippen LogP contribution in [0.4, 0.5) is 13.2 Å². The van der Waals surface area contributed by atoms with Gasteiger partial charge in [0.15, 0.2) is 0 Å². The van der Waals surface area contributed by atoms with Gasteiger partial charge in [0, 0.05) is 18.5 Å². The van der Waals surface area contributed by atoms with E-state index < -0.39 is 26.8 Å². The molecule has 4 nitrogen and oxygen atoms in total. The molecule has 1 aliphatic carbocycles. The Morgan fingerprint density at radius 3 is 2.52 bits per heavy atom. The van der Waals surface area contributed by atoms with Crippen molar-refractivity contribution in [3.05, 3.63) is 29.6 Å². The molecule has 0 aliphatic heterocycles. The average Bonchev–Trinajstić information content (AvgIpc) is 2.53. The van der Waals surface area contributed by atoms with E-state index in [9.17, 15) is 17.4 Å². The molecule has 1 aromatic heterocycles. The van der Waals surface area contributed by atoms with Crippen LogP contribution in [0.5, 0.6) is 0 Å². The first kappa shape index (κ1) is 20.1. The maximum atomic E-state index is 12.9. The topological polar surface area (TPSA) is 54.4 Å². The number of halogens is 3. The summed E-state index contributed by atoms with van der Waals surface area (Å²) in [6.45, 7) is 1.65. The summed E-state index contributed by atoms with van der Waals surface area (Å²) in [4.78, 5) is 3.42. The molecule has 9 heteroatoms.